The molecule has 0 aliphatic carbocycles. The molecular formula is C22H26FNO5. The van der Waals surface area contributed by atoms with Gasteiger partial charge in [0.05, 0.1) is 6.10 Å². The van der Waals surface area contributed by atoms with Crippen LogP contribution in [0.4, 0.5) is 14.9 Å². The number of ether oxygens (including phenoxy) is 2. The van der Waals surface area contributed by atoms with Gasteiger partial charge in [-0.3, -0.25) is 5.32 Å². The van der Waals surface area contributed by atoms with Gasteiger partial charge in [0.25, 0.3) is 0 Å². The first-order valence-corrected chi connectivity index (χ1v) is 9.32. The molecule has 156 valence electrons. The summed E-state index contributed by atoms with van der Waals surface area (Å²) in [6.07, 6.45) is -2.35. The average Bonchev–Trinajstić information content (AvgIpc) is 2.64. The maximum Gasteiger partial charge on any atom is 0.411 e. The Labute approximate surface area is 169 Å². The largest absolute Gasteiger partial charge is 0.479 e. The van der Waals surface area contributed by atoms with Gasteiger partial charge in [-0.05, 0) is 68.1 Å². The summed E-state index contributed by atoms with van der Waals surface area (Å²) in [6, 6.07) is 9.71. The minimum absolute atomic E-state index is 0.102. The van der Waals surface area contributed by atoms with Crippen LogP contribution in [0.5, 0.6) is 0 Å². The van der Waals surface area contributed by atoms with Gasteiger partial charge in [-0.2, -0.15) is 0 Å². The number of anilines is 1. The number of halogens is 1. The van der Waals surface area contributed by atoms with E-state index in [-0.39, 0.29) is 24.7 Å². The number of carbonyl (C=O) groups is 2. The van der Waals surface area contributed by atoms with E-state index in [0.29, 0.717) is 5.69 Å². The van der Waals surface area contributed by atoms with Crippen molar-refractivity contribution < 1.29 is 28.6 Å². The molecule has 2 N–H and O–H groups in total. The molecule has 0 spiro atoms. The van der Waals surface area contributed by atoms with Crippen LogP contribution in [0.15, 0.2) is 36.4 Å². The third-order valence-electron chi connectivity index (χ3n) is 4.35. The highest BCUT2D eigenvalue weighted by atomic mass is 19.1. The highest BCUT2D eigenvalue weighted by Gasteiger charge is 2.22. The van der Waals surface area contributed by atoms with E-state index in [1.165, 1.54) is 18.2 Å². The molecule has 1 amide bonds. The predicted octanol–water partition coefficient (Wildman–Crippen LogP) is 4.61. The van der Waals surface area contributed by atoms with E-state index in [4.69, 9.17) is 9.47 Å². The maximum absolute atomic E-state index is 14.1. The van der Waals surface area contributed by atoms with Gasteiger partial charge in [-0.15, -0.1) is 0 Å². The molecular weight excluding hydrogens is 377 g/mol. The predicted molar refractivity (Wildman–Crippen MR) is 107 cm³/mol. The van der Waals surface area contributed by atoms with E-state index in [1.807, 2.05) is 32.0 Å². The summed E-state index contributed by atoms with van der Waals surface area (Å²) < 4.78 is 24.6. The van der Waals surface area contributed by atoms with Gasteiger partial charge in [-0.25, -0.2) is 14.0 Å². The molecule has 2 aromatic rings. The molecule has 7 heteroatoms. The Balaban J connectivity index is 2.01. The molecule has 0 saturated heterocycles. The van der Waals surface area contributed by atoms with Crippen molar-refractivity contribution in [1.29, 1.82) is 0 Å². The molecule has 0 aliphatic rings. The van der Waals surface area contributed by atoms with Crippen molar-refractivity contribution >= 4 is 17.7 Å². The number of rotatable bonds is 8. The Morgan fingerprint density at radius 1 is 1.10 bits per heavy atom. The van der Waals surface area contributed by atoms with Crippen molar-refractivity contribution in [1.82, 2.24) is 0 Å². The molecule has 6 nitrogen and oxygen atoms in total. The second-order valence-electron chi connectivity index (χ2n) is 7.14. The SMILES string of the molecule is Cc1ccc(COC(=O)Nc2ccc(F)c(CC(OC(C)C)C(=O)O)c2)cc1C. The Morgan fingerprint density at radius 3 is 2.45 bits per heavy atom. The van der Waals surface area contributed by atoms with E-state index in [0.717, 1.165) is 16.7 Å². The zero-order valence-corrected chi connectivity index (χ0v) is 17.0. The van der Waals surface area contributed by atoms with Crippen molar-refractivity contribution in [3.8, 4) is 0 Å². The molecule has 1 unspecified atom stereocenters. The first-order valence-electron chi connectivity index (χ1n) is 9.32. The van der Waals surface area contributed by atoms with Crippen LogP contribution in [0, 0.1) is 19.7 Å². The van der Waals surface area contributed by atoms with Crippen LogP contribution in [0.25, 0.3) is 0 Å². The normalized spacial score (nSPS) is 11.9. The molecule has 2 rings (SSSR count). The average molecular weight is 403 g/mol. The van der Waals surface area contributed by atoms with Crippen molar-refractivity contribution in [3.05, 3.63) is 64.5 Å². The lowest BCUT2D eigenvalue weighted by molar-refractivity contribution is -0.153. The minimum atomic E-state index is -1.18. The van der Waals surface area contributed by atoms with E-state index < -0.39 is 24.0 Å². The van der Waals surface area contributed by atoms with Crippen molar-refractivity contribution in [2.45, 2.75) is 52.9 Å². The van der Waals surface area contributed by atoms with E-state index >= 15 is 0 Å². The number of aryl methyl sites for hydroxylation is 2. The molecule has 0 bridgehead atoms. The summed E-state index contributed by atoms with van der Waals surface area (Å²) >= 11 is 0. The van der Waals surface area contributed by atoms with Crippen LogP contribution in [0.2, 0.25) is 0 Å². The molecule has 0 aliphatic heterocycles. The second-order valence-corrected chi connectivity index (χ2v) is 7.14. The molecule has 2 aromatic carbocycles. The third kappa shape index (κ3) is 6.87. The second kappa shape index (κ2) is 10.0. The van der Waals surface area contributed by atoms with Gasteiger partial charge >= 0.3 is 12.1 Å². The number of hydrogen-bond acceptors (Lipinski definition) is 4. The van der Waals surface area contributed by atoms with Crippen LogP contribution in [0.1, 0.15) is 36.1 Å². The number of carbonyl (C=O) groups excluding carboxylic acids is 1. The monoisotopic (exact) mass is 403 g/mol. The molecule has 0 aromatic heterocycles. The van der Waals surface area contributed by atoms with E-state index in [9.17, 15) is 19.1 Å². The zero-order chi connectivity index (χ0) is 21.6. The highest BCUT2D eigenvalue weighted by Crippen LogP contribution is 2.19. The van der Waals surface area contributed by atoms with Crippen molar-refractivity contribution in [2.24, 2.45) is 0 Å². The number of benzene rings is 2. The Hall–Kier alpha value is -2.93. The number of carboxylic acid groups (broad SMARTS) is 1. The summed E-state index contributed by atoms with van der Waals surface area (Å²) in [5.74, 6) is -1.75. The van der Waals surface area contributed by atoms with E-state index in [1.54, 1.807) is 13.8 Å². The topological polar surface area (TPSA) is 84.9 Å². The third-order valence-corrected chi connectivity index (χ3v) is 4.35. The van der Waals surface area contributed by atoms with Crippen molar-refractivity contribution in [2.75, 3.05) is 5.32 Å². The lowest BCUT2D eigenvalue weighted by Gasteiger charge is -2.17. The Morgan fingerprint density at radius 2 is 1.83 bits per heavy atom. The first kappa shape index (κ1) is 22.4. The minimum Gasteiger partial charge on any atom is -0.479 e. The van der Waals surface area contributed by atoms with Gasteiger partial charge in [0, 0.05) is 12.1 Å². The standard InChI is InChI=1S/C22H26FNO5/c1-13(2)29-20(21(25)26)11-17-10-18(7-8-19(17)23)24-22(27)28-12-16-6-5-14(3)15(4)9-16/h5-10,13,20H,11-12H2,1-4H3,(H,24,27)(H,25,26). The fourth-order valence-electron chi connectivity index (χ4n) is 2.73. The number of hydrogen-bond donors (Lipinski definition) is 2. The summed E-state index contributed by atoms with van der Waals surface area (Å²) in [5, 5.41) is 11.8. The van der Waals surface area contributed by atoms with Crippen LogP contribution >= 0.6 is 0 Å². The van der Waals surface area contributed by atoms with E-state index in [2.05, 4.69) is 5.32 Å². The molecule has 0 fully saturated rings. The van der Waals surface area contributed by atoms with Crippen LogP contribution in [-0.2, 0) is 27.3 Å². The molecule has 0 radical (unpaired) electrons. The fourth-order valence-corrected chi connectivity index (χ4v) is 2.73. The number of carboxylic acids is 1. The summed E-state index contributed by atoms with van der Waals surface area (Å²) in [7, 11) is 0. The maximum atomic E-state index is 14.1. The smallest absolute Gasteiger partial charge is 0.411 e. The lowest BCUT2D eigenvalue weighted by atomic mass is 10.1. The zero-order valence-electron chi connectivity index (χ0n) is 17.0. The Bertz CT molecular complexity index is 882. The highest BCUT2D eigenvalue weighted by molar-refractivity contribution is 5.84. The van der Waals surface area contributed by atoms with Gasteiger partial charge < -0.3 is 14.6 Å². The van der Waals surface area contributed by atoms with Crippen molar-refractivity contribution in [3.63, 3.8) is 0 Å². The van der Waals surface area contributed by atoms with Crippen LogP contribution in [0.3, 0.4) is 0 Å². The van der Waals surface area contributed by atoms with Crippen LogP contribution < -0.4 is 5.32 Å². The van der Waals surface area contributed by atoms with Gasteiger partial charge in [0.15, 0.2) is 6.10 Å². The van der Waals surface area contributed by atoms with Crippen LogP contribution in [-0.4, -0.2) is 29.4 Å². The molecule has 29 heavy (non-hydrogen) atoms. The van der Waals surface area contributed by atoms with Gasteiger partial charge in [0.1, 0.15) is 12.4 Å². The summed E-state index contributed by atoms with van der Waals surface area (Å²) in [5.41, 5.74) is 3.55. The fraction of sp³-hybridized carbons (Fsp3) is 0.364. The lowest BCUT2D eigenvalue weighted by Crippen LogP contribution is -2.29. The quantitative estimate of drug-likeness (QED) is 0.672. The number of nitrogens with one attached hydrogen (secondary N) is 1. The summed E-state index contributed by atoms with van der Waals surface area (Å²) in [4.78, 5) is 23.4. The number of aliphatic carboxylic acids is 1. The van der Waals surface area contributed by atoms with Gasteiger partial charge in [0.2, 0.25) is 0 Å². The van der Waals surface area contributed by atoms with Gasteiger partial charge in [-0.1, -0.05) is 18.2 Å². The molecule has 0 saturated carbocycles. The summed E-state index contributed by atoms with van der Waals surface area (Å²) in [6.45, 7) is 7.49. The Kier molecular flexibility index (Phi) is 7.73. The first-order chi connectivity index (χ1) is 13.7. The molecule has 1 atom stereocenters. The number of amides is 1. The molecule has 0 heterocycles.